The lowest BCUT2D eigenvalue weighted by atomic mass is 9.41. The van der Waals surface area contributed by atoms with Crippen molar-refractivity contribution >= 4 is 11.8 Å². The molecule has 0 aliphatic heterocycles. The van der Waals surface area contributed by atoms with Gasteiger partial charge >= 0.3 is 0 Å². The maximum atomic E-state index is 12.8. The van der Waals surface area contributed by atoms with Crippen LogP contribution in [-0.2, 0) is 14.3 Å². The summed E-state index contributed by atoms with van der Waals surface area (Å²) in [6.07, 6.45) is 31.3. The van der Waals surface area contributed by atoms with E-state index in [1.165, 1.54) is 96.3 Å². The van der Waals surface area contributed by atoms with Gasteiger partial charge in [0.15, 0.2) is 0 Å². The largest absolute Gasteiger partial charge is 0.393 e. The Morgan fingerprint density at radius 3 is 1.96 bits per heavy atom. The van der Waals surface area contributed by atoms with Gasteiger partial charge in [0.05, 0.1) is 25.4 Å². The molecule has 11 atom stereocenters. The number of nitrogens with one attached hydrogen (secondary N) is 2. The molecule has 4 saturated carbocycles. The lowest BCUT2D eigenvalue weighted by molar-refractivity contribution is -0.203. The third-order valence-corrected chi connectivity index (χ3v) is 15.8. The standard InChI is InChI=1S/C48H86N2O5/c1-6-8-9-10-11-12-13-14-15-16-17-18-19-20-21-22-43(52)49-31-33-55-34-32-50-44(53)26-23-36(3)39-24-25-40-45-41(28-30-47(39,40)4)48(5)29-27-37(51)35-42(48)38(7-2)46(45)54/h14-15,36-42,45-46,51,54H,6-13,16-35H2,1-5H3,(H,49,52)(H,50,53). The van der Waals surface area contributed by atoms with Crippen molar-refractivity contribution in [3.8, 4) is 0 Å². The molecule has 318 valence electrons. The van der Waals surface area contributed by atoms with Gasteiger partial charge in [-0.05, 0) is 136 Å². The number of carbonyl (C=O) groups is 2. The molecule has 4 N–H and O–H groups in total. The predicted molar refractivity (Wildman–Crippen MR) is 226 cm³/mol. The van der Waals surface area contributed by atoms with Gasteiger partial charge in [-0.3, -0.25) is 9.59 Å². The van der Waals surface area contributed by atoms with Crippen LogP contribution in [0.15, 0.2) is 12.2 Å². The minimum absolute atomic E-state index is 0.0964. The maximum Gasteiger partial charge on any atom is 0.220 e. The summed E-state index contributed by atoms with van der Waals surface area (Å²) in [5.74, 6) is 3.46. The fraction of sp³-hybridized carbons (Fsp3) is 0.917. The van der Waals surface area contributed by atoms with Gasteiger partial charge < -0.3 is 25.6 Å². The second kappa shape index (κ2) is 23.8. The zero-order valence-electron chi connectivity index (χ0n) is 36.3. The van der Waals surface area contributed by atoms with Gasteiger partial charge in [-0.1, -0.05) is 105 Å². The molecule has 7 heteroatoms. The molecule has 0 saturated heterocycles. The van der Waals surface area contributed by atoms with Gasteiger partial charge in [0.1, 0.15) is 0 Å². The Kier molecular flexibility index (Phi) is 20.0. The number of carbonyl (C=O) groups excluding carboxylic acids is 2. The van der Waals surface area contributed by atoms with Crippen LogP contribution in [0.25, 0.3) is 0 Å². The molecule has 4 rings (SSSR count). The Morgan fingerprint density at radius 2 is 1.31 bits per heavy atom. The van der Waals surface area contributed by atoms with Crippen molar-refractivity contribution in [1.82, 2.24) is 10.6 Å². The van der Waals surface area contributed by atoms with Crippen molar-refractivity contribution in [2.75, 3.05) is 26.3 Å². The number of aliphatic hydroxyl groups is 2. The first-order chi connectivity index (χ1) is 26.6. The number of fused-ring (bicyclic) bond motifs is 5. The highest BCUT2D eigenvalue weighted by atomic mass is 16.5. The van der Waals surface area contributed by atoms with E-state index in [2.05, 4.69) is 57.4 Å². The van der Waals surface area contributed by atoms with E-state index in [0.29, 0.717) is 80.6 Å². The molecule has 7 nitrogen and oxygen atoms in total. The summed E-state index contributed by atoms with van der Waals surface area (Å²) in [6.45, 7) is 13.8. The number of unbranched alkanes of at least 4 members (excludes halogenated alkanes) is 11. The molecule has 11 unspecified atom stereocenters. The zero-order chi connectivity index (χ0) is 39.7. The van der Waals surface area contributed by atoms with Crippen molar-refractivity contribution in [3.05, 3.63) is 12.2 Å². The third-order valence-electron chi connectivity index (χ3n) is 15.8. The molecular formula is C48H86N2O5. The van der Waals surface area contributed by atoms with Crippen molar-refractivity contribution < 1.29 is 24.5 Å². The molecule has 0 bridgehead atoms. The van der Waals surface area contributed by atoms with E-state index in [1.54, 1.807) is 0 Å². The Bertz CT molecular complexity index is 1150. The van der Waals surface area contributed by atoms with Gasteiger partial charge in [0.25, 0.3) is 0 Å². The van der Waals surface area contributed by atoms with E-state index in [1.807, 2.05) is 0 Å². The summed E-state index contributed by atoms with van der Waals surface area (Å²) in [5, 5.41) is 28.6. The molecule has 0 radical (unpaired) electrons. The normalized spacial score (nSPS) is 33.5. The zero-order valence-corrected chi connectivity index (χ0v) is 36.3. The van der Waals surface area contributed by atoms with Crippen LogP contribution >= 0.6 is 0 Å². The number of amides is 2. The quantitative estimate of drug-likeness (QED) is 0.0518. The topological polar surface area (TPSA) is 108 Å². The minimum Gasteiger partial charge on any atom is -0.393 e. The average Bonchev–Trinajstić information content (AvgIpc) is 3.53. The molecule has 4 fully saturated rings. The summed E-state index contributed by atoms with van der Waals surface area (Å²) in [4.78, 5) is 25.0. The smallest absolute Gasteiger partial charge is 0.220 e. The fourth-order valence-corrected chi connectivity index (χ4v) is 12.7. The number of hydrogen-bond acceptors (Lipinski definition) is 5. The first kappa shape index (κ1) is 46.3. The van der Waals surface area contributed by atoms with E-state index in [9.17, 15) is 19.8 Å². The summed E-state index contributed by atoms with van der Waals surface area (Å²) >= 11 is 0. The molecule has 4 aliphatic rings. The van der Waals surface area contributed by atoms with Gasteiger partial charge in [-0.2, -0.15) is 0 Å². The van der Waals surface area contributed by atoms with Crippen LogP contribution in [0.3, 0.4) is 0 Å². The van der Waals surface area contributed by atoms with E-state index >= 15 is 0 Å². The van der Waals surface area contributed by atoms with Crippen LogP contribution in [0.5, 0.6) is 0 Å². The summed E-state index contributed by atoms with van der Waals surface area (Å²) in [7, 11) is 0. The molecule has 0 aromatic heterocycles. The highest BCUT2D eigenvalue weighted by Crippen LogP contribution is 2.69. The highest BCUT2D eigenvalue weighted by Gasteiger charge is 2.64. The lowest BCUT2D eigenvalue weighted by Crippen LogP contribution is -2.62. The highest BCUT2D eigenvalue weighted by molar-refractivity contribution is 5.76. The first-order valence-electron chi connectivity index (χ1n) is 23.7. The second-order valence-corrected chi connectivity index (χ2v) is 19.3. The van der Waals surface area contributed by atoms with Crippen LogP contribution in [0.2, 0.25) is 0 Å². The van der Waals surface area contributed by atoms with Crippen molar-refractivity contribution in [3.63, 3.8) is 0 Å². The molecular weight excluding hydrogens is 685 g/mol. The first-order valence-corrected chi connectivity index (χ1v) is 23.7. The Balaban J connectivity index is 1.01. The number of aliphatic hydroxyl groups excluding tert-OH is 2. The monoisotopic (exact) mass is 771 g/mol. The SMILES string of the molecule is CCCCCCCCC=CCCCCCCCC(=O)NCCOCCNC(=O)CCC(C)C1CCC2C3C(O)C(CC)C4CC(O)CCC4(C)C3CCC12C. The van der Waals surface area contributed by atoms with E-state index in [4.69, 9.17) is 4.74 Å². The molecule has 0 heterocycles. The number of rotatable bonds is 26. The van der Waals surface area contributed by atoms with E-state index < -0.39 is 0 Å². The van der Waals surface area contributed by atoms with Gasteiger partial charge in [-0.25, -0.2) is 0 Å². The van der Waals surface area contributed by atoms with Crippen LogP contribution in [-0.4, -0.2) is 60.5 Å². The Morgan fingerprint density at radius 1 is 0.727 bits per heavy atom. The lowest BCUT2D eigenvalue weighted by Gasteiger charge is -2.64. The second-order valence-electron chi connectivity index (χ2n) is 19.3. The van der Waals surface area contributed by atoms with Crippen LogP contribution in [0.1, 0.15) is 189 Å². The van der Waals surface area contributed by atoms with Crippen LogP contribution < -0.4 is 10.6 Å². The molecule has 55 heavy (non-hydrogen) atoms. The summed E-state index contributed by atoms with van der Waals surface area (Å²) in [5.41, 5.74) is 0.454. The third kappa shape index (κ3) is 13.0. The molecule has 0 aromatic rings. The molecule has 0 spiro atoms. The molecule has 2 amide bonds. The molecule has 0 aromatic carbocycles. The number of allylic oxidation sites excluding steroid dienone is 2. The summed E-state index contributed by atoms with van der Waals surface area (Å²) in [6, 6.07) is 0. The maximum absolute atomic E-state index is 12.8. The fourth-order valence-electron chi connectivity index (χ4n) is 12.7. The van der Waals surface area contributed by atoms with Crippen molar-refractivity contribution in [1.29, 1.82) is 0 Å². The van der Waals surface area contributed by atoms with Gasteiger partial charge in [-0.15, -0.1) is 0 Å². The number of hydrogen-bond donors (Lipinski definition) is 4. The Hall–Kier alpha value is -1.44. The van der Waals surface area contributed by atoms with Crippen LogP contribution in [0.4, 0.5) is 0 Å². The minimum atomic E-state index is -0.261. The number of ether oxygens (including phenoxy) is 1. The van der Waals surface area contributed by atoms with Crippen molar-refractivity contribution in [2.24, 2.45) is 52.3 Å². The van der Waals surface area contributed by atoms with Crippen molar-refractivity contribution in [2.45, 2.75) is 201 Å². The van der Waals surface area contributed by atoms with E-state index in [0.717, 1.165) is 44.9 Å². The predicted octanol–water partition coefficient (Wildman–Crippen LogP) is 10.3. The van der Waals surface area contributed by atoms with E-state index in [-0.39, 0.29) is 34.9 Å². The van der Waals surface area contributed by atoms with Gasteiger partial charge in [0.2, 0.25) is 11.8 Å². The molecule has 4 aliphatic carbocycles. The van der Waals surface area contributed by atoms with Crippen LogP contribution in [0, 0.1) is 52.3 Å². The average molecular weight is 771 g/mol. The summed E-state index contributed by atoms with van der Waals surface area (Å²) < 4.78 is 5.69. The van der Waals surface area contributed by atoms with Gasteiger partial charge in [0, 0.05) is 25.9 Å². The Labute approximate surface area is 337 Å².